The van der Waals surface area contributed by atoms with Gasteiger partial charge in [0.1, 0.15) is 0 Å². The molecule has 3 nitrogen and oxygen atoms in total. The average molecular weight is 302 g/mol. The first kappa shape index (κ1) is 16.3. The molecule has 2 aromatic rings. The molecule has 0 unspecified atom stereocenters. The smallest absolute Gasteiger partial charge is 0.478 e. The van der Waals surface area contributed by atoms with Crippen LogP contribution in [0.3, 0.4) is 0 Å². The Morgan fingerprint density at radius 1 is 1.11 bits per heavy atom. The number of hydrogen-bond acceptors (Lipinski definition) is 2. The van der Waals surface area contributed by atoms with Gasteiger partial charge in [-0.2, -0.15) is 0 Å². The third kappa shape index (κ3) is 3.86. The topological polar surface area (TPSA) is 49.3 Å². The van der Waals surface area contributed by atoms with Crippen molar-refractivity contribution >= 4 is 66.7 Å². The molecule has 0 bridgehead atoms. The molecule has 92 valence electrons. The Kier molecular flexibility index (Phi) is 6.14. The molecular formula is C14H12CaClNO2+2. The Balaban J connectivity index is 0.00000180. The van der Waals surface area contributed by atoms with Crippen LogP contribution in [0.15, 0.2) is 42.5 Å². The molecular weight excluding hydrogens is 290 g/mol. The van der Waals surface area contributed by atoms with Gasteiger partial charge >= 0.3 is 43.7 Å². The van der Waals surface area contributed by atoms with E-state index in [0.29, 0.717) is 10.7 Å². The maximum atomic E-state index is 11.1. The minimum absolute atomic E-state index is 0. The van der Waals surface area contributed by atoms with Gasteiger partial charge in [-0.05, 0) is 36.8 Å². The van der Waals surface area contributed by atoms with Crippen LogP contribution in [0.4, 0.5) is 11.4 Å². The Morgan fingerprint density at radius 3 is 2.42 bits per heavy atom. The van der Waals surface area contributed by atoms with Crippen molar-refractivity contribution in [2.75, 3.05) is 5.32 Å². The molecule has 2 rings (SSSR count). The van der Waals surface area contributed by atoms with Crippen LogP contribution in [0, 0.1) is 6.92 Å². The number of para-hydroxylation sites is 1. The second-order valence-corrected chi connectivity index (χ2v) is 4.30. The van der Waals surface area contributed by atoms with E-state index >= 15 is 0 Å². The van der Waals surface area contributed by atoms with Crippen molar-refractivity contribution in [2.24, 2.45) is 0 Å². The van der Waals surface area contributed by atoms with Crippen molar-refractivity contribution in [1.29, 1.82) is 0 Å². The SMILES string of the molecule is Cc1c(Cl)cccc1Nc1ccccc1C(=O)O.[Ca+2]. The molecule has 2 aromatic carbocycles. The summed E-state index contributed by atoms with van der Waals surface area (Å²) in [7, 11) is 0. The number of carbonyl (C=O) groups is 1. The van der Waals surface area contributed by atoms with Gasteiger partial charge in [-0.25, -0.2) is 4.79 Å². The first-order chi connectivity index (χ1) is 8.59. The number of nitrogens with one attached hydrogen (secondary N) is 1. The van der Waals surface area contributed by atoms with Crippen LogP contribution in [-0.4, -0.2) is 48.8 Å². The molecule has 0 atom stereocenters. The molecule has 0 radical (unpaired) electrons. The van der Waals surface area contributed by atoms with Gasteiger partial charge < -0.3 is 10.4 Å². The molecule has 0 aliphatic carbocycles. The molecule has 0 spiro atoms. The van der Waals surface area contributed by atoms with E-state index in [9.17, 15) is 4.79 Å². The summed E-state index contributed by atoms with van der Waals surface area (Å²) in [4.78, 5) is 11.1. The predicted molar refractivity (Wildman–Crippen MR) is 78.6 cm³/mol. The molecule has 0 fully saturated rings. The van der Waals surface area contributed by atoms with Gasteiger partial charge in [0.15, 0.2) is 0 Å². The monoisotopic (exact) mass is 301 g/mol. The summed E-state index contributed by atoms with van der Waals surface area (Å²) < 4.78 is 0. The second kappa shape index (κ2) is 7.15. The van der Waals surface area contributed by atoms with E-state index in [0.717, 1.165) is 11.3 Å². The van der Waals surface area contributed by atoms with Crippen molar-refractivity contribution in [3.05, 3.63) is 58.6 Å². The molecule has 0 amide bonds. The van der Waals surface area contributed by atoms with Crippen LogP contribution in [0.25, 0.3) is 0 Å². The van der Waals surface area contributed by atoms with Crippen LogP contribution >= 0.6 is 11.6 Å². The maximum absolute atomic E-state index is 11.1. The van der Waals surface area contributed by atoms with E-state index in [1.807, 2.05) is 19.1 Å². The van der Waals surface area contributed by atoms with Gasteiger partial charge in [0, 0.05) is 10.7 Å². The number of rotatable bonds is 3. The van der Waals surface area contributed by atoms with E-state index in [2.05, 4.69) is 5.32 Å². The quantitative estimate of drug-likeness (QED) is 0.850. The van der Waals surface area contributed by atoms with Crippen LogP contribution < -0.4 is 5.32 Å². The van der Waals surface area contributed by atoms with Crippen LogP contribution in [0.5, 0.6) is 0 Å². The fourth-order valence-electron chi connectivity index (χ4n) is 1.67. The molecule has 5 heteroatoms. The first-order valence-electron chi connectivity index (χ1n) is 5.44. The van der Waals surface area contributed by atoms with Crippen molar-refractivity contribution < 1.29 is 9.90 Å². The fourth-order valence-corrected chi connectivity index (χ4v) is 1.84. The van der Waals surface area contributed by atoms with Crippen molar-refractivity contribution in [2.45, 2.75) is 6.92 Å². The number of halogens is 1. The van der Waals surface area contributed by atoms with E-state index in [1.54, 1.807) is 30.3 Å². The standard InChI is InChI=1S/C14H12ClNO2.Ca/c1-9-11(15)6-4-8-12(9)16-13-7-3-2-5-10(13)14(17)18;/h2-8,16H,1H3,(H,17,18);/q;+2. The molecule has 0 aromatic heterocycles. The zero-order valence-electron chi connectivity index (χ0n) is 10.5. The van der Waals surface area contributed by atoms with Gasteiger partial charge in [-0.1, -0.05) is 29.8 Å². The van der Waals surface area contributed by atoms with E-state index in [4.69, 9.17) is 16.7 Å². The average Bonchev–Trinajstić information content (AvgIpc) is 2.35. The van der Waals surface area contributed by atoms with Crippen LogP contribution in [-0.2, 0) is 0 Å². The number of benzene rings is 2. The molecule has 0 saturated carbocycles. The number of anilines is 2. The first-order valence-corrected chi connectivity index (χ1v) is 5.82. The molecule has 0 heterocycles. The third-order valence-electron chi connectivity index (χ3n) is 2.69. The summed E-state index contributed by atoms with van der Waals surface area (Å²) >= 11 is 6.03. The minimum atomic E-state index is -0.960. The van der Waals surface area contributed by atoms with Gasteiger partial charge in [0.25, 0.3) is 0 Å². The van der Waals surface area contributed by atoms with Crippen molar-refractivity contribution in [1.82, 2.24) is 0 Å². The Hall–Kier alpha value is -0.740. The Bertz CT molecular complexity index is 602. The van der Waals surface area contributed by atoms with Gasteiger partial charge in [0.05, 0.1) is 11.3 Å². The third-order valence-corrected chi connectivity index (χ3v) is 3.10. The number of hydrogen-bond donors (Lipinski definition) is 2. The van der Waals surface area contributed by atoms with Crippen molar-refractivity contribution in [3.63, 3.8) is 0 Å². The number of carboxylic acid groups (broad SMARTS) is 1. The zero-order chi connectivity index (χ0) is 13.1. The fraction of sp³-hybridized carbons (Fsp3) is 0.0714. The molecule has 2 N–H and O–H groups in total. The Morgan fingerprint density at radius 2 is 1.74 bits per heavy atom. The van der Waals surface area contributed by atoms with E-state index < -0.39 is 5.97 Å². The molecule has 0 saturated heterocycles. The molecule has 0 aliphatic heterocycles. The number of aromatic carboxylic acids is 1. The summed E-state index contributed by atoms with van der Waals surface area (Å²) in [5, 5.41) is 12.8. The minimum Gasteiger partial charge on any atom is -0.478 e. The second-order valence-electron chi connectivity index (χ2n) is 3.89. The summed E-state index contributed by atoms with van der Waals surface area (Å²) in [5.74, 6) is -0.960. The Labute approximate surface area is 146 Å². The van der Waals surface area contributed by atoms with Gasteiger partial charge in [0.2, 0.25) is 0 Å². The summed E-state index contributed by atoms with van der Waals surface area (Å²) in [6.45, 7) is 1.88. The van der Waals surface area contributed by atoms with Crippen molar-refractivity contribution in [3.8, 4) is 0 Å². The van der Waals surface area contributed by atoms with Gasteiger partial charge in [-0.15, -0.1) is 0 Å². The summed E-state index contributed by atoms with van der Waals surface area (Å²) in [6, 6.07) is 12.2. The zero-order valence-corrected chi connectivity index (χ0v) is 13.4. The normalized spacial score (nSPS) is 9.58. The number of carboxylic acids is 1. The summed E-state index contributed by atoms with van der Waals surface area (Å²) in [6.07, 6.45) is 0. The van der Waals surface area contributed by atoms with Gasteiger partial charge in [-0.3, -0.25) is 0 Å². The predicted octanol–water partition coefficient (Wildman–Crippen LogP) is 3.71. The van der Waals surface area contributed by atoms with Crippen LogP contribution in [0.1, 0.15) is 15.9 Å². The molecule has 19 heavy (non-hydrogen) atoms. The maximum Gasteiger partial charge on any atom is 2.00 e. The van der Waals surface area contributed by atoms with E-state index in [1.165, 1.54) is 0 Å². The van der Waals surface area contributed by atoms with E-state index in [-0.39, 0.29) is 43.3 Å². The molecule has 0 aliphatic rings. The summed E-state index contributed by atoms with van der Waals surface area (Å²) in [5.41, 5.74) is 2.47. The van der Waals surface area contributed by atoms with Crippen LogP contribution in [0.2, 0.25) is 5.02 Å². The largest absolute Gasteiger partial charge is 2.00 e.